The van der Waals surface area contributed by atoms with Gasteiger partial charge in [-0.05, 0) is 31.4 Å². The number of nitrogens with two attached hydrogens (primary N) is 1. The van der Waals surface area contributed by atoms with Crippen LogP contribution in [0.2, 0.25) is 0 Å². The van der Waals surface area contributed by atoms with Crippen LogP contribution >= 0.6 is 0 Å². The van der Waals surface area contributed by atoms with Crippen molar-refractivity contribution >= 4 is 5.91 Å². The Bertz CT molecular complexity index is 388. The van der Waals surface area contributed by atoms with Crippen molar-refractivity contribution in [2.75, 3.05) is 13.2 Å². The topological polar surface area (TPSA) is 64.3 Å². The second-order valence-corrected chi connectivity index (χ2v) is 4.90. The molecule has 1 aliphatic carbocycles. The highest BCUT2D eigenvalue weighted by Gasteiger charge is 2.32. The fraction of sp³-hybridized carbons (Fsp3) is 0.500. The summed E-state index contributed by atoms with van der Waals surface area (Å²) in [5.74, 6) is 0.794. The number of hydrogen-bond donors (Lipinski definition) is 2. The Balaban J connectivity index is 1.60. The Morgan fingerprint density at radius 2 is 2.06 bits per heavy atom. The summed E-state index contributed by atoms with van der Waals surface area (Å²) in [6, 6.07) is 9.50. The van der Waals surface area contributed by atoms with Crippen molar-refractivity contribution in [2.45, 2.75) is 31.2 Å². The predicted molar refractivity (Wildman–Crippen MR) is 70.3 cm³/mol. The summed E-state index contributed by atoms with van der Waals surface area (Å²) in [5, 5.41) is 2.87. The molecule has 1 fully saturated rings. The molecular formula is C14H20N2O2. The SMILES string of the molecule is NC1(CNC(=O)CCOc2ccccc2)CCC1. The molecule has 1 aromatic rings. The molecule has 0 spiro atoms. The summed E-state index contributed by atoms with van der Waals surface area (Å²) < 4.78 is 5.46. The number of ether oxygens (including phenoxy) is 1. The molecule has 0 radical (unpaired) electrons. The van der Waals surface area contributed by atoms with Crippen molar-refractivity contribution in [1.82, 2.24) is 5.32 Å². The van der Waals surface area contributed by atoms with Gasteiger partial charge in [0.1, 0.15) is 5.75 Å². The van der Waals surface area contributed by atoms with Gasteiger partial charge in [0, 0.05) is 12.1 Å². The van der Waals surface area contributed by atoms with E-state index in [1.54, 1.807) is 0 Å². The average molecular weight is 248 g/mol. The third-order valence-electron chi connectivity index (χ3n) is 3.33. The molecule has 1 aliphatic rings. The molecule has 4 heteroatoms. The molecule has 4 nitrogen and oxygen atoms in total. The highest BCUT2D eigenvalue weighted by molar-refractivity contribution is 5.76. The lowest BCUT2D eigenvalue weighted by Crippen LogP contribution is -2.55. The fourth-order valence-electron chi connectivity index (χ4n) is 1.95. The number of amides is 1. The highest BCUT2D eigenvalue weighted by Crippen LogP contribution is 2.27. The second-order valence-electron chi connectivity index (χ2n) is 4.90. The largest absolute Gasteiger partial charge is 0.493 e. The minimum absolute atomic E-state index is 0.00246. The van der Waals surface area contributed by atoms with Gasteiger partial charge < -0.3 is 15.8 Å². The molecule has 1 amide bonds. The molecule has 98 valence electrons. The van der Waals surface area contributed by atoms with Gasteiger partial charge >= 0.3 is 0 Å². The van der Waals surface area contributed by atoms with E-state index >= 15 is 0 Å². The van der Waals surface area contributed by atoms with E-state index in [0.29, 0.717) is 19.6 Å². The van der Waals surface area contributed by atoms with Gasteiger partial charge in [-0.25, -0.2) is 0 Å². The van der Waals surface area contributed by atoms with Gasteiger partial charge in [-0.3, -0.25) is 4.79 Å². The van der Waals surface area contributed by atoms with E-state index < -0.39 is 0 Å². The molecule has 1 saturated carbocycles. The maximum absolute atomic E-state index is 11.6. The molecule has 0 aromatic heterocycles. The summed E-state index contributed by atoms with van der Waals surface area (Å²) >= 11 is 0. The van der Waals surface area contributed by atoms with Gasteiger partial charge in [-0.1, -0.05) is 18.2 Å². The Labute approximate surface area is 108 Å². The maximum Gasteiger partial charge on any atom is 0.223 e. The number of para-hydroxylation sites is 1. The van der Waals surface area contributed by atoms with Crippen molar-refractivity contribution in [3.8, 4) is 5.75 Å². The molecular weight excluding hydrogens is 228 g/mol. The molecule has 0 saturated heterocycles. The standard InChI is InChI=1S/C14H20N2O2/c15-14(8-4-9-14)11-16-13(17)7-10-18-12-5-2-1-3-6-12/h1-3,5-6H,4,7-11,15H2,(H,16,17). The van der Waals surface area contributed by atoms with Crippen molar-refractivity contribution in [3.63, 3.8) is 0 Å². The van der Waals surface area contributed by atoms with Crippen LogP contribution in [0.15, 0.2) is 30.3 Å². The molecule has 0 heterocycles. The molecule has 3 N–H and O–H groups in total. The minimum atomic E-state index is -0.157. The van der Waals surface area contributed by atoms with Crippen LogP contribution in [0.25, 0.3) is 0 Å². The monoisotopic (exact) mass is 248 g/mol. The van der Waals surface area contributed by atoms with Gasteiger partial charge in [-0.2, -0.15) is 0 Å². The Kier molecular flexibility index (Phi) is 4.20. The summed E-state index contributed by atoms with van der Waals surface area (Å²) in [6.07, 6.45) is 3.55. The maximum atomic E-state index is 11.6. The van der Waals surface area contributed by atoms with Crippen LogP contribution in [0.1, 0.15) is 25.7 Å². The van der Waals surface area contributed by atoms with Gasteiger partial charge in [0.2, 0.25) is 5.91 Å². The zero-order valence-electron chi connectivity index (χ0n) is 10.5. The summed E-state index contributed by atoms with van der Waals surface area (Å²) in [5.41, 5.74) is 5.87. The van der Waals surface area contributed by atoms with Gasteiger partial charge in [0.25, 0.3) is 0 Å². The van der Waals surface area contributed by atoms with Crippen molar-refractivity contribution < 1.29 is 9.53 Å². The minimum Gasteiger partial charge on any atom is -0.493 e. The third-order valence-corrected chi connectivity index (χ3v) is 3.33. The van der Waals surface area contributed by atoms with Gasteiger partial charge in [0.05, 0.1) is 13.0 Å². The second kappa shape index (κ2) is 5.87. The van der Waals surface area contributed by atoms with Crippen LogP contribution in [-0.2, 0) is 4.79 Å². The highest BCUT2D eigenvalue weighted by atomic mass is 16.5. The van der Waals surface area contributed by atoms with Gasteiger partial charge in [0.15, 0.2) is 0 Å². The van der Waals surface area contributed by atoms with Gasteiger partial charge in [-0.15, -0.1) is 0 Å². The molecule has 0 unspecified atom stereocenters. The fourth-order valence-corrected chi connectivity index (χ4v) is 1.95. The number of hydrogen-bond acceptors (Lipinski definition) is 3. The van der Waals surface area contributed by atoms with E-state index in [4.69, 9.17) is 10.5 Å². The number of rotatable bonds is 6. The Hall–Kier alpha value is -1.55. The van der Waals surface area contributed by atoms with E-state index in [2.05, 4.69) is 5.32 Å². The van der Waals surface area contributed by atoms with Crippen LogP contribution in [0.3, 0.4) is 0 Å². The lowest BCUT2D eigenvalue weighted by Gasteiger charge is -2.38. The van der Waals surface area contributed by atoms with E-state index in [-0.39, 0.29) is 11.4 Å². The zero-order chi connectivity index (χ0) is 12.8. The first-order valence-corrected chi connectivity index (χ1v) is 6.41. The first-order valence-electron chi connectivity index (χ1n) is 6.41. The van der Waals surface area contributed by atoms with Crippen molar-refractivity contribution in [3.05, 3.63) is 30.3 Å². The van der Waals surface area contributed by atoms with Crippen LogP contribution < -0.4 is 15.8 Å². The van der Waals surface area contributed by atoms with Crippen LogP contribution in [0.5, 0.6) is 5.75 Å². The first-order chi connectivity index (χ1) is 8.68. The molecule has 0 bridgehead atoms. The molecule has 18 heavy (non-hydrogen) atoms. The Morgan fingerprint density at radius 1 is 1.33 bits per heavy atom. The number of benzene rings is 1. The zero-order valence-corrected chi connectivity index (χ0v) is 10.5. The lowest BCUT2D eigenvalue weighted by molar-refractivity contribution is -0.122. The third kappa shape index (κ3) is 3.74. The van der Waals surface area contributed by atoms with Crippen LogP contribution in [0, 0.1) is 0 Å². The molecule has 1 aromatic carbocycles. The van der Waals surface area contributed by atoms with Crippen LogP contribution in [0.4, 0.5) is 0 Å². The van der Waals surface area contributed by atoms with E-state index in [9.17, 15) is 4.79 Å². The molecule has 2 rings (SSSR count). The van der Waals surface area contributed by atoms with Crippen LogP contribution in [-0.4, -0.2) is 24.6 Å². The molecule has 0 atom stereocenters. The number of carbonyl (C=O) groups is 1. The van der Waals surface area contributed by atoms with E-state index in [1.807, 2.05) is 30.3 Å². The average Bonchev–Trinajstić information content (AvgIpc) is 2.35. The van der Waals surface area contributed by atoms with E-state index in [0.717, 1.165) is 18.6 Å². The lowest BCUT2D eigenvalue weighted by atomic mass is 9.78. The normalized spacial score (nSPS) is 16.7. The quantitative estimate of drug-likeness (QED) is 0.801. The summed E-state index contributed by atoms with van der Waals surface area (Å²) in [7, 11) is 0. The number of nitrogens with one attached hydrogen (secondary N) is 1. The Morgan fingerprint density at radius 3 is 2.67 bits per heavy atom. The van der Waals surface area contributed by atoms with E-state index in [1.165, 1.54) is 6.42 Å². The smallest absolute Gasteiger partial charge is 0.223 e. The van der Waals surface area contributed by atoms with Crippen molar-refractivity contribution in [2.24, 2.45) is 5.73 Å². The van der Waals surface area contributed by atoms with Crippen molar-refractivity contribution in [1.29, 1.82) is 0 Å². The number of carbonyl (C=O) groups excluding carboxylic acids is 1. The first kappa shape index (κ1) is 12.9. The predicted octanol–water partition coefficient (Wildman–Crippen LogP) is 1.45. The molecule has 0 aliphatic heterocycles. The summed E-state index contributed by atoms with van der Waals surface area (Å²) in [4.78, 5) is 11.6. The summed E-state index contributed by atoms with van der Waals surface area (Å²) in [6.45, 7) is 0.977.